The van der Waals surface area contributed by atoms with Crippen molar-refractivity contribution < 1.29 is 19.8 Å². The number of rotatable bonds is 7. The van der Waals surface area contributed by atoms with Gasteiger partial charge in [-0.3, -0.25) is 4.79 Å². The van der Waals surface area contributed by atoms with Crippen LogP contribution in [0.3, 0.4) is 0 Å². The number of aliphatic hydroxyl groups excluding tert-OH is 1. The molecule has 1 amide bonds. The molecule has 0 saturated carbocycles. The molecule has 8 heteroatoms. The largest absolute Gasteiger partial charge is 0.477 e. The highest BCUT2D eigenvalue weighted by Crippen LogP contribution is 2.51. The van der Waals surface area contributed by atoms with Gasteiger partial charge in [0.2, 0.25) is 5.91 Å². The summed E-state index contributed by atoms with van der Waals surface area (Å²) in [4.78, 5) is 26.3. The van der Waals surface area contributed by atoms with Crippen molar-refractivity contribution >= 4 is 23.6 Å². The number of nitrogens with one attached hydrogen (secondary N) is 2. The van der Waals surface area contributed by atoms with Crippen LogP contribution in [-0.2, 0) is 9.59 Å². The molecule has 7 nitrogen and oxygen atoms in total. The van der Waals surface area contributed by atoms with Crippen molar-refractivity contribution in [3.05, 3.63) is 22.8 Å². The Kier molecular flexibility index (Phi) is 5.76. The topological polar surface area (TPSA) is 102 Å². The lowest BCUT2D eigenvalue weighted by molar-refractivity contribution is -0.163. The molecule has 0 aromatic rings. The number of hydrogen-bond acceptors (Lipinski definition) is 6. The van der Waals surface area contributed by atoms with Crippen LogP contribution in [0, 0.1) is 11.8 Å². The summed E-state index contributed by atoms with van der Waals surface area (Å²) >= 11 is 1.58. The number of nitrogens with zero attached hydrogens (tertiary/aromatic N) is 1. The van der Waals surface area contributed by atoms with Crippen LogP contribution in [-0.4, -0.2) is 70.6 Å². The van der Waals surface area contributed by atoms with Gasteiger partial charge in [0.15, 0.2) is 0 Å². The normalized spacial score (nSPS) is 35.2. The van der Waals surface area contributed by atoms with Gasteiger partial charge in [0.1, 0.15) is 5.70 Å². The number of thioether (sulfide) groups is 1. The number of likely N-dealkylation sites (N-methyl/N-ethyl adjacent to an activating group) is 1. The molecule has 2 fully saturated rings. The molecule has 26 heavy (non-hydrogen) atoms. The molecule has 3 rings (SSSR count). The number of carbonyl (C=O) groups is 2. The fourth-order valence-electron chi connectivity index (χ4n) is 4.18. The highest BCUT2D eigenvalue weighted by Gasteiger charge is 2.60. The Bertz CT molecular complexity index is 648. The second-order valence-corrected chi connectivity index (χ2v) is 8.59. The predicted molar refractivity (Wildman–Crippen MR) is 100 cm³/mol. The van der Waals surface area contributed by atoms with E-state index in [-0.39, 0.29) is 34.9 Å². The Morgan fingerprint density at radius 2 is 2.27 bits per heavy atom. The van der Waals surface area contributed by atoms with Gasteiger partial charge in [-0.2, -0.15) is 0 Å². The summed E-state index contributed by atoms with van der Waals surface area (Å²) in [5.74, 6) is -1.91. The fraction of sp³-hybridized carbons (Fsp3) is 0.667. The molecule has 3 aliphatic heterocycles. The first-order valence-electron chi connectivity index (χ1n) is 9.06. The molecular formula is C18H27N3O4S. The summed E-state index contributed by atoms with van der Waals surface area (Å²) in [6.45, 7) is 5.19. The number of amides is 1. The van der Waals surface area contributed by atoms with Crippen LogP contribution in [0.1, 0.15) is 20.3 Å². The van der Waals surface area contributed by atoms with Crippen LogP contribution in [0.25, 0.3) is 0 Å². The van der Waals surface area contributed by atoms with E-state index in [0.717, 1.165) is 24.4 Å². The first-order chi connectivity index (χ1) is 12.4. The number of aliphatic hydroxyl groups is 1. The van der Waals surface area contributed by atoms with E-state index in [1.54, 1.807) is 18.7 Å². The van der Waals surface area contributed by atoms with Gasteiger partial charge in [-0.25, -0.2) is 4.79 Å². The van der Waals surface area contributed by atoms with Crippen molar-refractivity contribution in [3.8, 4) is 0 Å². The number of aliphatic carboxylic acids is 1. The molecule has 0 aromatic carbocycles. The lowest BCUT2D eigenvalue weighted by Gasteiger charge is -2.46. The number of carboxylic acids is 1. The van der Waals surface area contributed by atoms with Crippen LogP contribution in [0.5, 0.6) is 0 Å². The minimum Gasteiger partial charge on any atom is -0.477 e. The molecule has 0 aliphatic carbocycles. The van der Waals surface area contributed by atoms with Gasteiger partial charge in [0, 0.05) is 35.2 Å². The highest BCUT2D eigenvalue weighted by atomic mass is 32.2. The Morgan fingerprint density at radius 3 is 2.88 bits per heavy atom. The zero-order chi connectivity index (χ0) is 19.0. The average molecular weight is 381 g/mol. The fourth-order valence-corrected chi connectivity index (χ4v) is 5.67. The van der Waals surface area contributed by atoms with Crippen molar-refractivity contribution in [3.63, 3.8) is 0 Å². The molecule has 3 heterocycles. The third-order valence-corrected chi connectivity index (χ3v) is 6.93. The van der Waals surface area contributed by atoms with E-state index < -0.39 is 18.0 Å². The zero-order valence-electron chi connectivity index (χ0n) is 15.3. The summed E-state index contributed by atoms with van der Waals surface area (Å²) in [5.41, 5.74) is 0.114. The molecule has 0 aromatic heterocycles. The molecule has 3 aliphatic rings. The second-order valence-electron chi connectivity index (χ2n) is 7.25. The summed E-state index contributed by atoms with van der Waals surface area (Å²) in [5, 5.41) is 26.4. The van der Waals surface area contributed by atoms with Gasteiger partial charge in [-0.05, 0) is 20.4 Å². The standard InChI is InChI=1S/C18H27N3O4S/c1-9-14-13(10(2)22)17(23)21(14)15(18(24)25)16(9)26-12-7-11(20-8-12)5-4-6-19-3/h4-5,9-14,19-20,22H,6-8H2,1-3H3,(H,24,25)/b5-4-/t9-,10-,11-,12+,13-,14-/m1/s1. The maximum absolute atomic E-state index is 12.4. The van der Waals surface area contributed by atoms with Crippen LogP contribution >= 0.6 is 11.8 Å². The molecule has 0 radical (unpaired) electrons. The Morgan fingerprint density at radius 1 is 1.54 bits per heavy atom. The Balaban J connectivity index is 1.73. The molecule has 144 valence electrons. The minimum absolute atomic E-state index is 0.0673. The maximum Gasteiger partial charge on any atom is 0.353 e. The lowest BCUT2D eigenvalue weighted by atomic mass is 9.79. The van der Waals surface area contributed by atoms with Crippen molar-refractivity contribution in [2.75, 3.05) is 20.1 Å². The zero-order valence-corrected chi connectivity index (χ0v) is 16.1. The lowest BCUT2D eigenvalue weighted by Crippen LogP contribution is -2.63. The van der Waals surface area contributed by atoms with Crippen LogP contribution in [0.15, 0.2) is 22.8 Å². The third kappa shape index (κ3) is 3.31. The minimum atomic E-state index is -1.06. The number of β-lactam (4-membered cyclic amide) rings is 1. The Hall–Kier alpha value is -1.35. The third-order valence-electron chi connectivity index (χ3n) is 5.42. The molecular weight excluding hydrogens is 354 g/mol. The van der Waals surface area contributed by atoms with Crippen molar-refractivity contribution in [1.82, 2.24) is 15.5 Å². The van der Waals surface area contributed by atoms with Gasteiger partial charge < -0.3 is 25.7 Å². The smallest absolute Gasteiger partial charge is 0.353 e. The van der Waals surface area contributed by atoms with E-state index in [4.69, 9.17) is 0 Å². The van der Waals surface area contributed by atoms with E-state index in [0.29, 0.717) is 0 Å². The molecule has 0 unspecified atom stereocenters. The summed E-state index contributed by atoms with van der Waals surface area (Å²) in [7, 11) is 1.90. The molecule has 6 atom stereocenters. The molecule has 4 N–H and O–H groups in total. The summed E-state index contributed by atoms with van der Waals surface area (Å²) in [6, 6.07) is 0.0482. The Labute approximate surface area is 157 Å². The monoisotopic (exact) mass is 381 g/mol. The van der Waals surface area contributed by atoms with Crippen molar-refractivity contribution in [1.29, 1.82) is 0 Å². The van der Waals surface area contributed by atoms with Gasteiger partial charge >= 0.3 is 5.97 Å². The van der Waals surface area contributed by atoms with E-state index in [2.05, 4.69) is 22.8 Å². The second kappa shape index (κ2) is 7.72. The first kappa shape index (κ1) is 19.4. The van der Waals surface area contributed by atoms with Gasteiger partial charge in [-0.15, -0.1) is 11.8 Å². The SMILES string of the molecule is CNC/C=C\[C@@H]1C[C@H](SC2=C(C(=O)O)N3C(=O)[C@H]([C@@H](C)O)[C@H]3[C@H]2C)CN1. The van der Waals surface area contributed by atoms with Gasteiger partial charge in [-0.1, -0.05) is 19.1 Å². The molecule has 0 spiro atoms. The van der Waals surface area contributed by atoms with E-state index >= 15 is 0 Å². The van der Waals surface area contributed by atoms with Gasteiger partial charge in [0.25, 0.3) is 0 Å². The molecule has 2 saturated heterocycles. The highest BCUT2D eigenvalue weighted by molar-refractivity contribution is 8.03. The maximum atomic E-state index is 12.4. The number of carbonyl (C=O) groups excluding carboxylic acids is 1. The van der Waals surface area contributed by atoms with Crippen LogP contribution in [0.2, 0.25) is 0 Å². The number of carboxylic acid groups (broad SMARTS) is 1. The van der Waals surface area contributed by atoms with Crippen LogP contribution in [0.4, 0.5) is 0 Å². The van der Waals surface area contributed by atoms with Crippen molar-refractivity contribution in [2.24, 2.45) is 11.8 Å². The van der Waals surface area contributed by atoms with E-state index in [1.165, 1.54) is 4.90 Å². The number of fused-ring (bicyclic) bond motifs is 1. The van der Waals surface area contributed by atoms with Crippen molar-refractivity contribution in [2.45, 2.75) is 43.7 Å². The first-order valence-corrected chi connectivity index (χ1v) is 9.94. The predicted octanol–water partition coefficient (Wildman–Crippen LogP) is 0.379. The average Bonchev–Trinajstić information content (AvgIpc) is 3.10. The van der Waals surface area contributed by atoms with Crippen LogP contribution < -0.4 is 10.6 Å². The number of hydrogen-bond donors (Lipinski definition) is 4. The molecule has 0 bridgehead atoms. The summed E-state index contributed by atoms with van der Waals surface area (Å²) in [6.07, 6.45) is 4.39. The summed E-state index contributed by atoms with van der Waals surface area (Å²) < 4.78 is 0. The van der Waals surface area contributed by atoms with Gasteiger partial charge in [0.05, 0.1) is 18.1 Å². The van der Waals surface area contributed by atoms with E-state index in [9.17, 15) is 19.8 Å². The quantitative estimate of drug-likeness (QED) is 0.373. The van der Waals surface area contributed by atoms with E-state index in [1.807, 2.05) is 14.0 Å².